The summed E-state index contributed by atoms with van der Waals surface area (Å²) in [5, 5.41) is 16.1. The average Bonchev–Trinajstić information content (AvgIpc) is 2.71. The second kappa shape index (κ2) is 5.52. The summed E-state index contributed by atoms with van der Waals surface area (Å²) in [6, 6.07) is 4.50. The molecule has 0 bridgehead atoms. The van der Waals surface area contributed by atoms with Crippen molar-refractivity contribution in [1.29, 1.82) is 0 Å². The Hall–Kier alpha value is -1.23. The quantitative estimate of drug-likeness (QED) is 0.836. The summed E-state index contributed by atoms with van der Waals surface area (Å²) in [4.78, 5) is 11.1. The van der Waals surface area contributed by atoms with Gasteiger partial charge in [0.1, 0.15) is 11.4 Å². The van der Waals surface area contributed by atoms with Crippen molar-refractivity contribution in [2.24, 2.45) is 0 Å². The molecule has 7 heteroatoms. The van der Waals surface area contributed by atoms with Crippen LogP contribution in [0.3, 0.4) is 0 Å². The van der Waals surface area contributed by atoms with Gasteiger partial charge in [-0.25, -0.2) is 4.68 Å². The van der Waals surface area contributed by atoms with Crippen LogP contribution in [0.25, 0.3) is 5.69 Å². The number of aromatic nitrogens is 2. The molecule has 1 aromatic heterocycles. The van der Waals surface area contributed by atoms with E-state index in [0.29, 0.717) is 16.4 Å². The number of carbonyl (C=O) groups excluding carboxylic acids is 1. The van der Waals surface area contributed by atoms with Crippen LogP contribution in [0, 0.1) is 0 Å². The van der Waals surface area contributed by atoms with Crippen molar-refractivity contribution in [3.05, 3.63) is 44.7 Å². The molecule has 0 unspecified atom stereocenters. The summed E-state index contributed by atoms with van der Waals surface area (Å²) in [6.45, 7) is 5.78. The third-order valence-electron chi connectivity index (χ3n) is 2.88. The van der Waals surface area contributed by atoms with E-state index in [0.717, 1.165) is 0 Å². The highest BCUT2D eigenvalue weighted by atomic mass is 35.5. The van der Waals surface area contributed by atoms with Gasteiger partial charge in [-0.05, 0) is 18.2 Å². The molecule has 0 radical (unpaired) electrons. The van der Waals surface area contributed by atoms with Gasteiger partial charge in [0.05, 0.1) is 21.7 Å². The minimum Gasteiger partial charge on any atom is -0.543 e. The van der Waals surface area contributed by atoms with Crippen LogP contribution in [0.2, 0.25) is 15.1 Å². The Balaban J connectivity index is 2.77. The second-order valence-electron chi connectivity index (χ2n) is 5.58. The summed E-state index contributed by atoms with van der Waals surface area (Å²) >= 11 is 18.3. The highest BCUT2D eigenvalue weighted by molar-refractivity contribution is 6.40. The first-order chi connectivity index (χ1) is 9.61. The molecule has 112 valence electrons. The average molecular weight is 347 g/mol. The Kier molecular flexibility index (Phi) is 4.24. The molecule has 0 saturated carbocycles. The molecule has 0 atom stereocenters. The molecule has 0 saturated heterocycles. The smallest absolute Gasteiger partial charge is 0.108 e. The van der Waals surface area contributed by atoms with E-state index in [1.54, 1.807) is 0 Å². The van der Waals surface area contributed by atoms with E-state index in [2.05, 4.69) is 5.10 Å². The number of benzene rings is 1. The minimum absolute atomic E-state index is 0.179. The fraction of sp³-hybridized carbons (Fsp3) is 0.286. The van der Waals surface area contributed by atoms with Crippen LogP contribution in [0.15, 0.2) is 18.2 Å². The van der Waals surface area contributed by atoms with Crippen molar-refractivity contribution in [3.63, 3.8) is 0 Å². The number of carboxylic acids is 1. The van der Waals surface area contributed by atoms with Gasteiger partial charge < -0.3 is 9.90 Å². The zero-order chi connectivity index (χ0) is 15.9. The highest BCUT2D eigenvalue weighted by Crippen LogP contribution is 2.35. The maximum absolute atomic E-state index is 11.1. The number of hydrogen-bond donors (Lipinski definition) is 0. The number of halogens is 3. The molecule has 21 heavy (non-hydrogen) atoms. The van der Waals surface area contributed by atoms with Gasteiger partial charge in [-0.2, -0.15) is 5.10 Å². The van der Waals surface area contributed by atoms with Crippen LogP contribution in [0.1, 0.15) is 37.0 Å². The fourth-order valence-corrected chi connectivity index (χ4v) is 2.90. The highest BCUT2D eigenvalue weighted by Gasteiger charge is 2.24. The van der Waals surface area contributed by atoms with Crippen molar-refractivity contribution in [1.82, 2.24) is 9.78 Å². The third kappa shape index (κ3) is 3.18. The van der Waals surface area contributed by atoms with Gasteiger partial charge in [-0.15, -0.1) is 0 Å². The van der Waals surface area contributed by atoms with E-state index < -0.39 is 5.97 Å². The first kappa shape index (κ1) is 16.1. The lowest BCUT2D eigenvalue weighted by Crippen LogP contribution is -2.23. The molecule has 2 aromatic rings. The van der Waals surface area contributed by atoms with E-state index in [-0.39, 0.29) is 21.2 Å². The molecular weight excluding hydrogens is 335 g/mol. The van der Waals surface area contributed by atoms with Crippen molar-refractivity contribution in [2.45, 2.75) is 26.2 Å². The first-order valence-electron chi connectivity index (χ1n) is 6.08. The second-order valence-corrected chi connectivity index (χ2v) is 6.83. The lowest BCUT2D eigenvalue weighted by Gasteiger charge is -2.21. The van der Waals surface area contributed by atoms with Crippen LogP contribution in [0.4, 0.5) is 0 Å². The Morgan fingerprint density at radius 2 is 1.67 bits per heavy atom. The third-order valence-corrected chi connectivity index (χ3v) is 3.67. The predicted molar refractivity (Wildman–Crippen MR) is 81.6 cm³/mol. The summed E-state index contributed by atoms with van der Waals surface area (Å²) < 4.78 is 1.42. The molecule has 0 aliphatic carbocycles. The first-order valence-corrected chi connectivity index (χ1v) is 7.21. The van der Waals surface area contributed by atoms with E-state index in [4.69, 9.17) is 34.8 Å². The van der Waals surface area contributed by atoms with Crippen LogP contribution in [-0.2, 0) is 5.41 Å². The standard InChI is InChI=1S/C14H13Cl3N2O2/c1-14(2,3)11-6-10(13(20)21)18-19(11)12-8(16)4-7(15)5-9(12)17/h4-6H,1-3H3,(H,20,21)/p-1. The molecule has 2 rings (SSSR count). The summed E-state index contributed by atoms with van der Waals surface area (Å²) in [5.41, 5.74) is 0.488. The minimum atomic E-state index is -1.36. The van der Waals surface area contributed by atoms with E-state index in [9.17, 15) is 9.90 Å². The normalized spacial score (nSPS) is 11.7. The van der Waals surface area contributed by atoms with Crippen LogP contribution in [-0.4, -0.2) is 15.7 Å². The number of aromatic carboxylic acids is 1. The molecule has 1 aromatic carbocycles. The zero-order valence-electron chi connectivity index (χ0n) is 11.6. The molecule has 0 aliphatic heterocycles. The van der Waals surface area contributed by atoms with E-state index >= 15 is 0 Å². The van der Waals surface area contributed by atoms with Gasteiger partial charge in [0.2, 0.25) is 0 Å². The maximum atomic E-state index is 11.1. The molecule has 4 nitrogen and oxygen atoms in total. The lowest BCUT2D eigenvalue weighted by atomic mass is 9.91. The number of nitrogens with zero attached hydrogens (tertiary/aromatic N) is 2. The molecule has 0 fully saturated rings. The number of hydrogen-bond acceptors (Lipinski definition) is 3. The lowest BCUT2D eigenvalue weighted by molar-refractivity contribution is -0.255. The van der Waals surface area contributed by atoms with Crippen molar-refractivity contribution in [3.8, 4) is 5.69 Å². The van der Waals surface area contributed by atoms with Gasteiger partial charge in [0.15, 0.2) is 0 Å². The SMILES string of the molecule is CC(C)(C)c1cc(C(=O)[O-])nn1-c1c(Cl)cc(Cl)cc1Cl. The summed E-state index contributed by atoms with van der Waals surface area (Å²) in [7, 11) is 0. The van der Waals surface area contributed by atoms with Crippen LogP contribution in [0.5, 0.6) is 0 Å². The number of rotatable bonds is 2. The van der Waals surface area contributed by atoms with Gasteiger partial charge in [0.25, 0.3) is 0 Å². The van der Waals surface area contributed by atoms with Gasteiger partial charge in [-0.1, -0.05) is 55.6 Å². The molecule has 0 aliphatic rings. The Morgan fingerprint density at radius 3 is 2.10 bits per heavy atom. The number of carboxylic acid groups (broad SMARTS) is 1. The monoisotopic (exact) mass is 345 g/mol. The van der Waals surface area contributed by atoms with Gasteiger partial charge >= 0.3 is 0 Å². The van der Waals surface area contributed by atoms with Crippen molar-refractivity contribution < 1.29 is 9.90 Å². The van der Waals surface area contributed by atoms with E-state index in [1.165, 1.54) is 22.9 Å². The van der Waals surface area contributed by atoms with Crippen molar-refractivity contribution in [2.75, 3.05) is 0 Å². The molecular formula is C14H12Cl3N2O2-. The van der Waals surface area contributed by atoms with Crippen LogP contribution < -0.4 is 5.11 Å². The Labute approximate surface area is 137 Å². The number of carbonyl (C=O) groups is 1. The van der Waals surface area contributed by atoms with Crippen molar-refractivity contribution >= 4 is 40.8 Å². The molecule has 0 spiro atoms. The zero-order valence-corrected chi connectivity index (χ0v) is 13.8. The van der Waals surface area contributed by atoms with Gasteiger partial charge in [0, 0.05) is 10.4 Å². The molecule has 1 heterocycles. The topological polar surface area (TPSA) is 57.9 Å². The Morgan fingerprint density at radius 1 is 1.14 bits per heavy atom. The van der Waals surface area contributed by atoms with E-state index in [1.807, 2.05) is 20.8 Å². The van der Waals surface area contributed by atoms with Gasteiger partial charge in [-0.3, -0.25) is 0 Å². The predicted octanol–water partition coefficient (Wildman–Crippen LogP) is 3.49. The van der Waals surface area contributed by atoms with Crippen LogP contribution >= 0.6 is 34.8 Å². The summed E-state index contributed by atoms with van der Waals surface area (Å²) in [6.07, 6.45) is 0. The summed E-state index contributed by atoms with van der Waals surface area (Å²) in [5.74, 6) is -1.36. The molecule has 0 amide bonds. The molecule has 0 N–H and O–H groups in total. The largest absolute Gasteiger partial charge is 0.543 e. The Bertz CT molecular complexity index is 694. The fourth-order valence-electron chi connectivity index (χ4n) is 1.92. The maximum Gasteiger partial charge on any atom is 0.108 e.